The van der Waals surface area contributed by atoms with Gasteiger partial charge >= 0.3 is 0 Å². The lowest BCUT2D eigenvalue weighted by Crippen LogP contribution is -2.18. The Labute approximate surface area is 93.8 Å². The molecule has 1 aliphatic heterocycles. The number of hydrogen-bond acceptors (Lipinski definition) is 2. The van der Waals surface area contributed by atoms with Crippen LogP contribution in [0.25, 0.3) is 0 Å². The van der Waals surface area contributed by atoms with Gasteiger partial charge in [-0.15, -0.1) is 0 Å². The molecule has 4 heteroatoms. The Morgan fingerprint density at radius 1 is 1.47 bits per heavy atom. The monoisotopic (exact) mass is 224 g/mol. The summed E-state index contributed by atoms with van der Waals surface area (Å²) in [4.78, 5) is 11.5. The van der Waals surface area contributed by atoms with Crippen molar-refractivity contribution in [3.8, 4) is 0 Å². The SMILES string of the molecule is Cc1c(Cl)ccc2c1NC(=O)CC(C)N2. The van der Waals surface area contributed by atoms with Gasteiger partial charge in [0.15, 0.2) is 0 Å². The molecule has 2 rings (SSSR count). The standard InChI is InChI=1S/C11H13ClN2O/c1-6-5-10(15)14-11-7(2)8(12)3-4-9(11)13-6/h3-4,6,13H,5H2,1-2H3,(H,14,15). The van der Waals surface area contributed by atoms with Crippen molar-refractivity contribution in [3.05, 3.63) is 22.7 Å². The molecule has 80 valence electrons. The number of nitrogens with one attached hydrogen (secondary N) is 2. The van der Waals surface area contributed by atoms with E-state index in [4.69, 9.17) is 11.6 Å². The highest BCUT2D eigenvalue weighted by molar-refractivity contribution is 6.32. The summed E-state index contributed by atoms with van der Waals surface area (Å²) < 4.78 is 0. The highest BCUT2D eigenvalue weighted by Gasteiger charge is 2.19. The second-order valence-electron chi connectivity index (χ2n) is 3.89. The fraction of sp³-hybridized carbons (Fsp3) is 0.364. The van der Waals surface area contributed by atoms with E-state index in [1.807, 2.05) is 26.0 Å². The van der Waals surface area contributed by atoms with E-state index in [2.05, 4.69) is 10.6 Å². The Bertz CT molecular complexity index is 417. The van der Waals surface area contributed by atoms with Gasteiger partial charge in [0.2, 0.25) is 5.91 Å². The number of fused-ring (bicyclic) bond motifs is 1. The smallest absolute Gasteiger partial charge is 0.226 e. The maximum atomic E-state index is 11.5. The number of halogens is 1. The summed E-state index contributed by atoms with van der Waals surface area (Å²) in [6.07, 6.45) is 0.478. The lowest BCUT2D eigenvalue weighted by atomic mass is 10.1. The van der Waals surface area contributed by atoms with E-state index in [1.165, 1.54) is 0 Å². The van der Waals surface area contributed by atoms with Gasteiger partial charge in [-0.1, -0.05) is 11.6 Å². The molecular formula is C11H13ClN2O. The molecule has 0 saturated carbocycles. The molecule has 0 fully saturated rings. The molecule has 1 atom stereocenters. The van der Waals surface area contributed by atoms with E-state index in [9.17, 15) is 4.79 Å². The molecule has 0 saturated heterocycles. The summed E-state index contributed by atoms with van der Waals surface area (Å²) in [5.41, 5.74) is 2.65. The molecule has 0 spiro atoms. The molecule has 2 N–H and O–H groups in total. The summed E-state index contributed by atoms with van der Waals surface area (Å²) >= 11 is 6.00. The molecule has 3 nitrogen and oxygen atoms in total. The Hall–Kier alpha value is -1.22. The van der Waals surface area contributed by atoms with E-state index < -0.39 is 0 Å². The van der Waals surface area contributed by atoms with Crippen molar-refractivity contribution in [3.63, 3.8) is 0 Å². The van der Waals surface area contributed by atoms with Crippen LogP contribution in [0.4, 0.5) is 11.4 Å². The largest absolute Gasteiger partial charge is 0.380 e. The van der Waals surface area contributed by atoms with Gasteiger partial charge in [-0.2, -0.15) is 0 Å². The van der Waals surface area contributed by atoms with Crippen LogP contribution in [0, 0.1) is 6.92 Å². The number of carbonyl (C=O) groups excluding carboxylic acids is 1. The minimum absolute atomic E-state index is 0.0270. The van der Waals surface area contributed by atoms with Crippen molar-refractivity contribution in [2.24, 2.45) is 0 Å². The minimum atomic E-state index is 0.0270. The average molecular weight is 225 g/mol. The Balaban J connectivity index is 2.51. The van der Waals surface area contributed by atoms with Crippen LogP contribution in [0.5, 0.6) is 0 Å². The van der Waals surface area contributed by atoms with E-state index >= 15 is 0 Å². The number of anilines is 2. The van der Waals surface area contributed by atoms with Gasteiger partial charge in [0.1, 0.15) is 0 Å². The van der Waals surface area contributed by atoms with Gasteiger partial charge in [0.25, 0.3) is 0 Å². The first kappa shape index (κ1) is 10.3. The number of carbonyl (C=O) groups is 1. The third kappa shape index (κ3) is 1.92. The Kier molecular flexibility index (Phi) is 2.57. The molecule has 1 unspecified atom stereocenters. The maximum Gasteiger partial charge on any atom is 0.226 e. The van der Waals surface area contributed by atoms with Crippen molar-refractivity contribution in [1.29, 1.82) is 0 Å². The fourth-order valence-electron chi connectivity index (χ4n) is 1.75. The number of benzene rings is 1. The number of hydrogen-bond donors (Lipinski definition) is 2. The zero-order chi connectivity index (χ0) is 11.0. The van der Waals surface area contributed by atoms with Gasteiger partial charge in [0, 0.05) is 17.5 Å². The van der Waals surface area contributed by atoms with Crippen molar-refractivity contribution in [1.82, 2.24) is 0 Å². The van der Waals surface area contributed by atoms with Crippen LogP contribution < -0.4 is 10.6 Å². The quantitative estimate of drug-likeness (QED) is 0.712. The predicted molar refractivity (Wildman–Crippen MR) is 62.5 cm³/mol. The van der Waals surface area contributed by atoms with Crippen molar-refractivity contribution in [2.45, 2.75) is 26.3 Å². The van der Waals surface area contributed by atoms with E-state index in [1.54, 1.807) is 0 Å². The molecule has 1 aromatic rings. The first-order valence-corrected chi connectivity index (χ1v) is 5.31. The van der Waals surface area contributed by atoms with Crippen molar-refractivity contribution < 1.29 is 4.79 Å². The number of rotatable bonds is 0. The van der Waals surface area contributed by atoms with Gasteiger partial charge < -0.3 is 10.6 Å². The van der Waals surface area contributed by atoms with Gasteiger partial charge in [-0.05, 0) is 31.5 Å². The average Bonchev–Trinajstić information content (AvgIpc) is 2.30. The molecule has 15 heavy (non-hydrogen) atoms. The summed E-state index contributed by atoms with van der Waals surface area (Å²) in [6.45, 7) is 3.89. The van der Waals surface area contributed by atoms with Crippen LogP contribution >= 0.6 is 11.6 Å². The molecule has 1 aromatic carbocycles. The lowest BCUT2D eigenvalue weighted by Gasteiger charge is -2.13. The van der Waals surface area contributed by atoms with Crippen LogP contribution in [-0.2, 0) is 4.79 Å². The lowest BCUT2D eigenvalue weighted by molar-refractivity contribution is -0.116. The fourth-order valence-corrected chi connectivity index (χ4v) is 1.91. The highest BCUT2D eigenvalue weighted by Crippen LogP contribution is 2.33. The first-order chi connectivity index (χ1) is 7.08. The third-order valence-electron chi connectivity index (χ3n) is 2.56. The predicted octanol–water partition coefficient (Wildman–Crippen LogP) is 2.79. The highest BCUT2D eigenvalue weighted by atomic mass is 35.5. The van der Waals surface area contributed by atoms with Crippen LogP contribution in [0.3, 0.4) is 0 Å². The zero-order valence-electron chi connectivity index (χ0n) is 8.73. The third-order valence-corrected chi connectivity index (χ3v) is 2.97. The molecule has 0 aliphatic carbocycles. The van der Waals surface area contributed by atoms with Crippen LogP contribution in [0.15, 0.2) is 12.1 Å². The summed E-state index contributed by atoms with van der Waals surface area (Å²) in [5, 5.41) is 6.83. The molecule has 0 bridgehead atoms. The van der Waals surface area contributed by atoms with Crippen molar-refractivity contribution in [2.75, 3.05) is 10.6 Å². The molecule has 1 heterocycles. The molecule has 1 aliphatic rings. The summed E-state index contributed by atoms with van der Waals surface area (Å²) in [5.74, 6) is 0.0270. The van der Waals surface area contributed by atoms with Gasteiger partial charge in [0.05, 0.1) is 11.4 Å². The molecule has 1 amide bonds. The molecule has 0 radical (unpaired) electrons. The number of amides is 1. The molecule has 0 aromatic heterocycles. The van der Waals surface area contributed by atoms with E-state index in [0.29, 0.717) is 11.4 Å². The van der Waals surface area contributed by atoms with Gasteiger partial charge in [-0.25, -0.2) is 0 Å². The van der Waals surface area contributed by atoms with Crippen LogP contribution in [0.2, 0.25) is 5.02 Å². The summed E-state index contributed by atoms with van der Waals surface area (Å²) in [7, 11) is 0. The normalized spacial score (nSPS) is 19.9. The Morgan fingerprint density at radius 3 is 2.93 bits per heavy atom. The van der Waals surface area contributed by atoms with Crippen molar-refractivity contribution >= 4 is 28.9 Å². The summed E-state index contributed by atoms with van der Waals surface area (Å²) in [6, 6.07) is 3.88. The zero-order valence-corrected chi connectivity index (χ0v) is 9.48. The van der Waals surface area contributed by atoms with E-state index in [0.717, 1.165) is 16.9 Å². The van der Waals surface area contributed by atoms with Crippen LogP contribution in [-0.4, -0.2) is 11.9 Å². The van der Waals surface area contributed by atoms with E-state index in [-0.39, 0.29) is 11.9 Å². The maximum absolute atomic E-state index is 11.5. The topological polar surface area (TPSA) is 41.1 Å². The second kappa shape index (κ2) is 3.74. The first-order valence-electron chi connectivity index (χ1n) is 4.93. The van der Waals surface area contributed by atoms with Crippen LogP contribution in [0.1, 0.15) is 18.9 Å². The molecular weight excluding hydrogens is 212 g/mol. The second-order valence-corrected chi connectivity index (χ2v) is 4.30. The Morgan fingerprint density at radius 2 is 2.20 bits per heavy atom. The minimum Gasteiger partial charge on any atom is -0.380 e. The van der Waals surface area contributed by atoms with Gasteiger partial charge in [-0.3, -0.25) is 4.79 Å².